The third kappa shape index (κ3) is 3.29. The van der Waals surface area contributed by atoms with Gasteiger partial charge in [-0.05, 0) is 29.6 Å². The zero-order chi connectivity index (χ0) is 13.8. The second-order valence-corrected chi connectivity index (χ2v) is 4.37. The van der Waals surface area contributed by atoms with E-state index in [1.807, 2.05) is 0 Å². The highest BCUT2D eigenvalue weighted by atomic mass is 32.1. The van der Waals surface area contributed by atoms with E-state index in [0.717, 1.165) is 12.1 Å². The van der Waals surface area contributed by atoms with Gasteiger partial charge < -0.3 is 15.7 Å². The quantitative estimate of drug-likeness (QED) is 0.807. The van der Waals surface area contributed by atoms with E-state index in [1.54, 1.807) is 16.8 Å². The van der Waals surface area contributed by atoms with E-state index in [0.29, 0.717) is 5.69 Å². The van der Waals surface area contributed by atoms with Crippen molar-refractivity contribution in [3.05, 3.63) is 46.4 Å². The molecule has 0 saturated carbocycles. The molecule has 0 radical (unpaired) electrons. The van der Waals surface area contributed by atoms with Crippen LogP contribution in [0.2, 0.25) is 0 Å². The average Bonchev–Trinajstić information content (AvgIpc) is 2.81. The number of benzene rings is 1. The van der Waals surface area contributed by atoms with E-state index in [4.69, 9.17) is 5.11 Å². The summed E-state index contributed by atoms with van der Waals surface area (Å²) in [7, 11) is 0. The maximum atomic E-state index is 13.4. The molecule has 0 spiro atoms. The van der Waals surface area contributed by atoms with Crippen LogP contribution in [0.3, 0.4) is 0 Å². The van der Waals surface area contributed by atoms with Crippen LogP contribution in [-0.4, -0.2) is 17.1 Å². The molecule has 1 aromatic heterocycles. The Morgan fingerprint density at radius 2 is 1.89 bits per heavy atom. The van der Waals surface area contributed by atoms with Gasteiger partial charge in [-0.2, -0.15) is 11.3 Å². The van der Waals surface area contributed by atoms with Crippen LogP contribution in [0.25, 0.3) is 0 Å². The van der Waals surface area contributed by atoms with E-state index in [1.165, 1.54) is 17.4 Å². The van der Waals surface area contributed by atoms with Crippen molar-refractivity contribution in [1.82, 2.24) is 0 Å². The Kier molecular flexibility index (Phi) is 3.76. The second-order valence-electron chi connectivity index (χ2n) is 3.59. The van der Waals surface area contributed by atoms with Crippen LogP contribution < -0.4 is 10.6 Å². The highest BCUT2D eigenvalue weighted by molar-refractivity contribution is 7.08. The van der Waals surface area contributed by atoms with Gasteiger partial charge in [0.1, 0.15) is 5.82 Å². The molecule has 0 bridgehead atoms. The zero-order valence-electron chi connectivity index (χ0n) is 9.51. The number of amides is 2. The van der Waals surface area contributed by atoms with Crippen molar-refractivity contribution in [2.24, 2.45) is 0 Å². The predicted octanol–water partition coefficient (Wildman–Crippen LogP) is 3.23. The Hall–Kier alpha value is -2.41. The van der Waals surface area contributed by atoms with E-state index < -0.39 is 23.4 Å². The molecule has 0 aliphatic rings. The third-order valence-electron chi connectivity index (χ3n) is 2.24. The molecular formula is C12H9FN2O3S. The topological polar surface area (TPSA) is 78.4 Å². The van der Waals surface area contributed by atoms with E-state index in [9.17, 15) is 14.0 Å². The molecule has 0 aliphatic carbocycles. The number of urea groups is 1. The fourth-order valence-corrected chi connectivity index (χ4v) is 1.98. The molecule has 0 saturated heterocycles. The monoisotopic (exact) mass is 280 g/mol. The number of hydrogen-bond acceptors (Lipinski definition) is 3. The lowest BCUT2D eigenvalue weighted by atomic mass is 10.2. The van der Waals surface area contributed by atoms with Gasteiger partial charge in [-0.25, -0.2) is 14.0 Å². The zero-order valence-corrected chi connectivity index (χ0v) is 10.3. The highest BCUT2D eigenvalue weighted by Gasteiger charge is 2.11. The van der Waals surface area contributed by atoms with Crippen LogP contribution in [0, 0.1) is 5.82 Å². The predicted molar refractivity (Wildman–Crippen MR) is 70.3 cm³/mol. The lowest BCUT2D eigenvalue weighted by Gasteiger charge is -2.07. The van der Waals surface area contributed by atoms with Gasteiger partial charge >= 0.3 is 12.0 Å². The summed E-state index contributed by atoms with van der Waals surface area (Å²) in [5, 5.41) is 17.2. The van der Waals surface area contributed by atoms with Gasteiger partial charge in [0, 0.05) is 11.1 Å². The summed E-state index contributed by atoms with van der Waals surface area (Å²) in [6, 6.07) is 4.56. The van der Waals surface area contributed by atoms with Gasteiger partial charge in [-0.3, -0.25) is 0 Å². The third-order valence-corrected chi connectivity index (χ3v) is 2.92. The maximum Gasteiger partial charge on any atom is 0.338 e. The van der Waals surface area contributed by atoms with Gasteiger partial charge in [-0.15, -0.1) is 0 Å². The molecule has 1 aromatic carbocycles. The number of rotatable bonds is 3. The fraction of sp³-hybridized carbons (Fsp3) is 0. The number of carbonyl (C=O) groups excluding carboxylic acids is 1. The first kappa shape index (κ1) is 13.0. The Balaban J connectivity index is 2.05. The summed E-state index contributed by atoms with van der Waals surface area (Å²) in [6.07, 6.45) is 0. The minimum Gasteiger partial charge on any atom is -0.478 e. The summed E-state index contributed by atoms with van der Waals surface area (Å²) >= 11 is 1.43. The first-order valence-electron chi connectivity index (χ1n) is 5.19. The van der Waals surface area contributed by atoms with E-state index in [-0.39, 0.29) is 5.69 Å². The summed E-state index contributed by atoms with van der Waals surface area (Å²) in [6.45, 7) is 0. The van der Waals surface area contributed by atoms with Crippen molar-refractivity contribution in [2.75, 3.05) is 10.6 Å². The van der Waals surface area contributed by atoms with Crippen LogP contribution in [0.5, 0.6) is 0 Å². The van der Waals surface area contributed by atoms with Crippen LogP contribution in [0.15, 0.2) is 35.0 Å². The molecule has 98 valence electrons. The molecule has 2 aromatic rings. The van der Waals surface area contributed by atoms with Crippen molar-refractivity contribution in [1.29, 1.82) is 0 Å². The maximum absolute atomic E-state index is 13.4. The second kappa shape index (κ2) is 5.49. The number of carboxylic acid groups (broad SMARTS) is 1. The Bertz CT molecular complexity index is 613. The van der Waals surface area contributed by atoms with E-state index in [2.05, 4.69) is 10.6 Å². The van der Waals surface area contributed by atoms with Gasteiger partial charge in [0.2, 0.25) is 0 Å². The van der Waals surface area contributed by atoms with Crippen LogP contribution in [0.4, 0.5) is 20.6 Å². The van der Waals surface area contributed by atoms with Gasteiger partial charge in [-0.1, -0.05) is 0 Å². The molecule has 0 fully saturated rings. The lowest BCUT2D eigenvalue weighted by Crippen LogP contribution is -2.19. The number of anilines is 2. The summed E-state index contributed by atoms with van der Waals surface area (Å²) in [5.74, 6) is -2.26. The molecule has 0 atom stereocenters. The van der Waals surface area contributed by atoms with E-state index >= 15 is 0 Å². The van der Waals surface area contributed by atoms with Gasteiger partial charge in [0.25, 0.3) is 0 Å². The summed E-state index contributed by atoms with van der Waals surface area (Å²) in [4.78, 5) is 22.2. The number of hydrogen-bond donors (Lipinski definition) is 3. The van der Waals surface area contributed by atoms with Crippen LogP contribution in [0.1, 0.15) is 10.4 Å². The normalized spacial score (nSPS) is 9.95. The highest BCUT2D eigenvalue weighted by Crippen LogP contribution is 2.16. The molecule has 0 aliphatic heterocycles. The molecule has 2 amide bonds. The number of carbonyl (C=O) groups is 2. The van der Waals surface area contributed by atoms with Crippen LogP contribution in [-0.2, 0) is 0 Å². The molecule has 5 nitrogen and oxygen atoms in total. The Morgan fingerprint density at radius 1 is 1.16 bits per heavy atom. The number of carboxylic acids is 1. The lowest BCUT2D eigenvalue weighted by molar-refractivity contribution is 0.0692. The standard InChI is InChI=1S/C12H9FN2O3S/c13-10-5-7(1-2-9(10)11(16)17)14-12(18)15-8-3-4-19-6-8/h1-6H,(H,16,17)(H2,14,15,18). The average molecular weight is 280 g/mol. The molecular weight excluding hydrogens is 271 g/mol. The number of nitrogens with one attached hydrogen (secondary N) is 2. The summed E-state index contributed by atoms with van der Waals surface area (Å²) in [5.41, 5.74) is 0.365. The SMILES string of the molecule is O=C(Nc1ccsc1)Nc1ccc(C(=O)O)c(F)c1. The van der Waals surface area contributed by atoms with Crippen molar-refractivity contribution in [3.63, 3.8) is 0 Å². The van der Waals surface area contributed by atoms with Crippen molar-refractivity contribution in [2.45, 2.75) is 0 Å². The van der Waals surface area contributed by atoms with Crippen LogP contribution >= 0.6 is 11.3 Å². The van der Waals surface area contributed by atoms with Crippen molar-refractivity contribution >= 4 is 34.7 Å². The molecule has 0 unspecified atom stereocenters. The number of thiophene rings is 1. The van der Waals surface area contributed by atoms with Gasteiger partial charge in [0.15, 0.2) is 0 Å². The number of halogens is 1. The minimum absolute atomic E-state index is 0.176. The van der Waals surface area contributed by atoms with Gasteiger partial charge in [0.05, 0.1) is 11.3 Å². The largest absolute Gasteiger partial charge is 0.478 e. The van der Waals surface area contributed by atoms with Crippen molar-refractivity contribution < 1.29 is 19.1 Å². The summed E-state index contributed by atoms with van der Waals surface area (Å²) < 4.78 is 13.4. The first-order valence-corrected chi connectivity index (χ1v) is 6.13. The molecule has 19 heavy (non-hydrogen) atoms. The number of aromatic carboxylic acids is 1. The Labute approximate surface area is 111 Å². The van der Waals surface area contributed by atoms with Crippen molar-refractivity contribution in [3.8, 4) is 0 Å². The smallest absolute Gasteiger partial charge is 0.338 e. The molecule has 2 rings (SSSR count). The fourth-order valence-electron chi connectivity index (χ4n) is 1.40. The molecule has 7 heteroatoms. The Morgan fingerprint density at radius 3 is 2.47 bits per heavy atom. The first-order chi connectivity index (χ1) is 9.06. The minimum atomic E-state index is -1.35. The molecule has 1 heterocycles. The molecule has 3 N–H and O–H groups in total.